The Balaban J connectivity index is 2.12. The second kappa shape index (κ2) is 4.98. The molecule has 0 spiro atoms. The summed E-state index contributed by atoms with van der Waals surface area (Å²) in [6.45, 7) is 4.63. The molecule has 1 atom stereocenters. The maximum Gasteiger partial charge on any atom is 0.0861 e. The van der Waals surface area contributed by atoms with Crippen LogP contribution in [0, 0.1) is 11.8 Å². The first-order valence-electron chi connectivity index (χ1n) is 6.54. The van der Waals surface area contributed by atoms with Crippen molar-refractivity contribution in [2.45, 2.75) is 52.4 Å². The molecule has 0 aromatic carbocycles. The Labute approximate surface area is 98.2 Å². The van der Waals surface area contributed by atoms with Gasteiger partial charge in [-0.2, -0.15) is 0 Å². The molecule has 90 valence electrons. The third-order valence-electron chi connectivity index (χ3n) is 3.59. The van der Waals surface area contributed by atoms with Gasteiger partial charge < -0.3 is 0 Å². The van der Waals surface area contributed by atoms with Crippen LogP contribution < -0.4 is 0 Å². The van der Waals surface area contributed by atoms with Gasteiger partial charge in [-0.15, -0.1) is 5.10 Å². The van der Waals surface area contributed by atoms with Gasteiger partial charge in [0.15, 0.2) is 0 Å². The van der Waals surface area contributed by atoms with Crippen LogP contribution >= 0.6 is 0 Å². The minimum Gasteiger partial charge on any atom is -0.252 e. The van der Waals surface area contributed by atoms with Gasteiger partial charge in [-0.3, -0.25) is 4.68 Å². The predicted molar refractivity (Wildman–Crippen MR) is 65.2 cm³/mol. The lowest BCUT2D eigenvalue weighted by atomic mass is 9.86. The zero-order valence-electron chi connectivity index (χ0n) is 10.7. The third-order valence-corrected chi connectivity index (χ3v) is 3.59. The smallest absolute Gasteiger partial charge is 0.0861 e. The van der Waals surface area contributed by atoms with E-state index in [-0.39, 0.29) is 0 Å². The molecule has 0 saturated carbocycles. The van der Waals surface area contributed by atoms with Gasteiger partial charge in [0.25, 0.3) is 0 Å². The van der Waals surface area contributed by atoms with E-state index in [0.29, 0.717) is 0 Å². The Kier molecular flexibility index (Phi) is 3.62. The Morgan fingerprint density at radius 1 is 1.38 bits per heavy atom. The molecule has 2 rings (SSSR count). The summed E-state index contributed by atoms with van der Waals surface area (Å²) in [6, 6.07) is 0. The molecule has 0 saturated heterocycles. The van der Waals surface area contributed by atoms with E-state index in [1.165, 1.54) is 37.1 Å². The monoisotopic (exact) mass is 221 g/mol. The quantitative estimate of drug-likeness (QED) is 0.769. The summed E-state index contributed by atoms with van der Waals surface area (Å²) in [4.78, 5) is 0. The number of rotatable bonds is 2. The van der Waals surface area contributed by atoms with E-state index in [4.69, 9.17) is 0 Å². The molecule has 0 bridgehead atoms. The van der Waals surface area contributed by atoms with Crippen LogP contribution in [0.4, 0.5) is 0 Å². The van der Waals surface area contributed by atoms with E-state index in [1.807, 2.05) is 11.7 Å². The number of hydrogen-bond donors (Lipinski definition) is 0. The summed E-state index contributed by atoms with van der Waals surface area (Å²) in [5, 5.41) is 8.49. The molecule has 1 aromatic rings. The van der Waals surface area contributed by atoms with Gasteiger partial charge in [0, 0.05) is 7.05 Å². The lowest BCUT2D eigenvalue weighted by Crippen LogP contribution is -2.13. The number of aromatic nitrogens is 3. The fourth-order valence-corrected chi connectivity index (χ4v) is 2.85. The van der Waals surface area contributed by atoms with Crippen LogP contribution in [-0.4, -0.2) is 15.0 Å². The first-order valence-corrected chi connectivity index (χ1v) is 6.54. The lowest BCUT2D eigenvalue weighted by molar-refractivity contribution is 0.361. The molecule has 1 aromatic heterocycles. The van der Waals surface area contributed by atoms with Crippen molar-refractivity contribution in [3.8, 4) is 0 Å². The highest BCUT2D eigenvalue weighted by molar-refractivity contribution is 5.12. The van der Waals surface area contributed by atoms with Crippen molar-refractivity contribution >= 4 is 0 Å². The van der Waals surface area contributed by atoms with Gasteiger partial charge >= 0.3 is 0 Å². The Bertz CT molecular complexity index is 341. The molecule has 16 heavy (non-hydrogen) atoms. The van der Waals surface area contributed by atoms with Gasteiger partial charge in [-0.1, -0.05) is 31.9 Å². The second-order valence-corrected chi connectivity index (χ2v) is 5.55. The molecule has 1 unspecified atom stereocenters. The molecule has 0 aliphatic heterocycles. The summed E-state index contributed by atoms with van der Waals surface area (Å²) in [5.74, 6) is 1.61. The normalized spacial score (nSPS) is 21.6. The number of hydrogen-bond acceptors (Lipinski definition) is 2. The molecule has 1 heterocycles. The molecule has 0 N–H and O–H groups in total. The molecule has 0 fully saturated rings. The van der Waals surface area contributed by atoms with E-state index >= 15 is 0 Å². The number of fused-ring (bicyclic) bond motifs is 1. The molecule has 1 aliphatic carbocycles. The van der Waals surface area contributed by atoms with Gasteiger partial charge in [0.1, 0.15) is 0 Å². The molecule has 3 nitrogen and oxygen atoms in total. The van der Waals surface area contributed by atoms with Crippen molar-refractivity contribution in [1.29, 1.82) is 0 Å². The maximum absolute atomic E-state index is 4.33. The largest absolute Gasteiger partial charge is 0.252 e. The van der Waals surface area contributed by atoms with Crippen LogP contribution in [0.25, 0.3) is 0 Å². The van der Waals surface area contributed by atoms with E-state index < -0.39 is 0 Å². The van der Waals surface area contributed by atoms with Crippen molar-refractivity contribution in [3.05, 3.63) is 11.4 Å². The fraction of sp³-hybridized carbons (Fsp3) is 0.846. The molecule has 3 heteroatoms. The van der Waals surface area contributed by atoms with Crippen molar-refractivity contribution in [1.82, 2.24) is 15.0 Å². The van der Waals surface area contributed by atoms with Crippen LogP contribution in [0.15, 0.2) is 0 Å². The summed E-state index contributed by atoms with van der Waals surface area (Å²) in [6.07, 6.45) is 7.66. The zero-order valence-corrected chi connectivity index (χ0v) is 10.7. The highest BCUT2D eigenvalue weighted by atomic mass is 15.4. The van der Waals surface area contributed by atoms with E-state index in [0.717, 1.165) is 24.7 Å². The van der Waals surface area contributed by atoms with Gasteiger partial charge in [-0.25, -0.2) is 0 Å². The minimum atomic E-state index is 0.796. The van der Waals surface area contributed by atoms with Crippen molar-refractivity contribution < 1.29 is 0 Å². The molecular weight excluding hydrogens is 198 g/mol. The average molecular weight is 221 g/mol. The summed E-state index contributed by atoms with van der Waals surface area (Å²) < 4.78 is 1.97. The van der Waals surface area contributed by atoms with Crippen LogP contribution in [0.2, 0.25) is 0 Å². The average Bonchev–Trinajstić information content (AvgIpc) is 2.49. The van der Waals surface area contributed by atoms with E-state index in [1.54, 1.807) is 0 Å². The van der Waals surface area contributed by atoms with Crippen molar-refractivity contribution in [3.63, 3.8) is 0 Å². The summed E-state index contributed by atoms with van der Waals surface area (Å²) in [7, 11) is 2.02. The first kappa shape index (κ1) is 11.6. The van der Waals surface area contributed by atoms with Crippen LogP contribution in [0.5, 0.6) is 0 Å². The van der Waals surface area contributed by atoms with Gasteiger partial charge in [-0.05, 0) is 37.5 Å². The van der Waals surface area contributed by atoms with Crippen molar-refractivity contribution in [2.24, 2.45) is 18.9 Å². The predicted octanol–water partition coefficient (Wildman–Crippen LogP) is 2.75. The highest BCUT2D eigenvalue weighted by Crippen LogP contribution is 2.26. The third kappa shape index (κ3) is 2.63. The Morgan fingerprint density at radius 2 is 2.19 bits per heavy atom. The SMILES string of the molecule is CC(C)CC1CCCCc2c(nnn2C)C1. The summed E-state index contributed by atoms with van der Waals surface area (Å²) >= 11 is 0. The van der Waals surface area contributed by atoms with Crippen LogP contribution in [0.3, 0.4) is 0 Å². The van der Waals surface area contributed by atoms with Crippen molar-refractivity contribution in [2.75, 3.05) is 0 Å². The van der Waals surface area contributed by atoms with Gasteiger partial charge in [0.2, 0.25) is 0 Å². The lowest BCUT2D eigenvalue weighted by Gasteiger charge is -2.20. The number of aryl methyl sites for hydroxylation is 1. The second-order valence-electron chi connectivity index (χ2n) is 5.55. The minimum absolute atomic E-state index is 0.796. The van der Waals surface area contributed by atoms with Crippen LogP contribution in [-0.2, 0) is 19.9 Å². The van der Waals surface area contributed by atoms with Crippen LogP contribution in [0.1, 0.15) is 50.9 Å². The zero-order chi connectivity index (χ0) is 11.5. The topological polar surface area (TPSA) is 30.7 Å². The Hall–Kier alpha value is -0.860. The fourth-order valence-electron chi connectivity index (χ4n) is 2.85. The molecule has 1 aliphatic rings. The molecule has 0 amide bonds. The standard InChI is InChI=1S/C13H23N3/c1-10(2)8-11-6-4-5-7-13-12(9-11)14-15-16(13)3/h10-11H,4-9H2,1-3H3. The molecular formula is C13H23N3. The number of nitrogens with zero attached hydrogens (tertiary/aromatic N) is 3. The Morgan fingerprint density at radius 3 is 2.94 bits per heavy atom. The maximum atomic E-state index is 4.33. The van der Waals surface area contributed by atoms with Gasteiger partial charge in [0.05, 0.1) is 11.4 Å². The molecule has 0 radical (unpaired) electrons. The van der Waals surface area contributed by atoms with E-state index in [2.05, 4.69) is 24.2 Å². The highest BCUT2D eigenvalue weighted by Gasteiger charge is 2.20. The summed E-state index contributed by atoms with van der Waals surface area (Å²) in [5.41, 5.74) is 2.63. The first-order chi connectivity index (χ1) is 7.66. The van der Waals surface area contributed by atoms with E-state index in [9.17, 15) is 0 Å².